The third-order valence-corrected chi connectivity index (χ3v) is 8.67. The van der Waals surface area contributed by atoms with Crippen molar-refractivity contribution < 1.29 is 18.3 Å². The maximum Gasteiger partial charge on any atom is 0.275 e. The lowest BCUT2D eigenvalue weighted by molar-refractivity contribution is -0.386. The van der Waals surface area contributed by atoms with Crippen molar-refractivity contribution in [2.24, 2.45) is 11.7 Å². The zero-order chi connectivity index (χ0) is 26.8. The monoisotopic (exact) mass is 524 g/mol. The van der Waals surface area contributed by atoms with E-state index in [-0.39, 0.29) is 22.5 Å². The van der Waals surface area contributed by atoms with Crippen molar-refractivity contribution in [3.05, 3.63) is 128 Å². The second kappa shape index (κ2) is 9.80. The molecule has 4 rings (SSSR count). The van der Waals surface area contributed by atoms with Crippen LogP contribution >= 0.6 is 0 Å². The molecule has 0 fully saturated rings. The normalized spacial score (nSPS) is 26.8. The van der Waals surface area contributed by atoms with Crippen LogP contribution in [-0.2, 0) is 20.9 Å². The van der Waals surface area contributed by atoms with Crippen molar-refractivity contribution in [3.63, 3.8) is 0 Å². The number of hydrazine groups is 2. The van der Waals surface area contributed by atoms with E-state index in [1.165, 1.54) is 85.0 Å². The zero-order valence-electron chi connectivity index (χ0n) is 19.3. The summed E-state index contributed by atoms with van der Waals surface area (Å²) in [5.74, 6) is 11.5. The van der Waals surface area contributed by atoms with Gasteiger partial charge in [-0.15, -0.1) is 0 Å². The summed E-state index contributed by atoms with van der Waals surface area (Å²) in [5.41, 5.74) is 2.72. The molecular formula is C24H24N6O6S. The Morgan fingerprint density at radius 1 is 0.676 bits per heavy atom. The van der Waals surface area contributed by atoms with Crippen molar-refractivity contribution in [1.82, 2.24) is 10.9 Å². The molecule has 6 N–H and O–H groups in total. The summed E-state index contributed by atoms with van der Waals surface area (Å²) in [5, 5.41) is 20.9. The predicted octanol–water partition coefficient (Wildman–Crippen LogP) is 1.92. The number of nitro groups is 2. The molecule has 0 atom stereocenters. The molecule has 0 saturated heterocycles. The number of hydrogen-bond donors (Lipinski definition) is 4. The number of sulfone groups is 1. The lowest BCUT2D eigenvalue weighted by atomic mass is 9.85. The first-order valence-electron chi connectivity index (χ1n) is 11.0. The molecule has 2 aromatic carbocycles. The molecule has 0 saturated carbocycles. The van der Waals surface area contributed by atoms with Gasteiger partial charge in [0.25, 0.3) is 11.4 Å². The zero-order valence-corrected chi connectivity index (χ0v) is 20.1. The fraction of sp³-hybridized carbons (Fsp3) is 0.167. The van der Waals surface area contributed by atoms with Crippen LogP contribution in [0.5, 0.6) is 0 Å². The van der Waals surface area contributed by atoms with E-state index in [2.05, 4.69) is 10.9 Å². The number of hydrogen-bond acceptors (Lipinski definition) is 10. The van der Waals surface area contributed by atoms with Gasteiger partial charge in [0.05, 0.1) is 42.6 Å². The molecule has 0 aliphatic heterocycles. The van der Waals surface area contributed by atoms with Crippen molar-refractivity contribution in [2.75, 3.05) is 0 Å². The first-order valence-corrected chi connectivity index (χ1v) is 12.6. The summed E-state index contributed by atoms with van der Waals surface area (Å²) in [6, 6.07) is 12.1. The molecule has 37 heavy (non-hydrogen) atoms. The minimum absolute atomic E-state index is 0.171. The third-order valence-electron chi connectivity index (χ3n) is 6.52. The molecule has 0 aromatic heterocycles. The van der Waals surface area contributed by atoms with E-state index < -0.39 is 41.3 Å². The Balaban J connectivity index is 1.63. The largest absolute Gasteiger partial charge is 0.275 e. The first kappa shape index (κ1) is 26.1. The Morgan fingerprint density at radius 2 is 1.00 bits per heavy atom. The number of rotatable bonds is 8. The Morgan fingerprint density at radius 3 is 1.30 bits per heavy atom. The van der Waals surface area contributed by atoms with Gasteiger partial charge in [0.15, 0.2) is 9.84 Å². The van der Waals surface area contributed by atoms with E-state index in [0.717, 1.165) is 0 Å². The van der Waals surface area contributed by atoms with Crippen LogP contribution in [0.2, 0.25) is 0 Å². The Bertz CT molecular complexity index is 1330. The van der Waals surface area contributed by atoms with Crippen molar-refractivity contribution in [3.8, 4) is 0 Å². The molecule has 12 nitrogen and oxygen atoms in total. The van der Waals surface area contributed by atoms with Gasteiger partial charge >= 0.3 is 0 Å². The van der Waals surface area contributed by atoms with E-state index >= 15 is 0 Å². The first-order chi connectivity index (χ1) is 17.6. The van der Waals surface area contributed by atoms with Crippen LogP contribution < -0.4 is 22.5 Å². The number of nitrogens with zero attached hydrogens (tertiary/aromatic N) is 2. The van der Waals surface area contributed by atoms with E-state index in [4.69, 9.17) is 11.7 Å². The van der Waals surface area contributed by atoms with Crippen LogP contribution in [0.1, 0.15) is 11.1 Å². The summed E-state index contributed by atoms with van der Waals surface area (Å²) in [7, 11) is -3.87. The Hall–Kier alpha value is -4.01. The van der Waals surface area contributed by atoms with Crippen molar-refractivity contribution in [1.29, 1.82) is 0 Å². The average molecular weight is 525 g/mol. The SMILES string of the molecule is NNC1(c2ccccc2[N+](=O)[O-])C=CC(S(=O)(=O)C2C=CC(NN)(c3ccccc3[N+](=O)[O-])C=C2)C=C1. The van der Waals surface area contributed by atoms with Crippen LogP contribution in [0.3, 0.4) is 0 Å². The number of benzene rings is 2. The van der Waals surface area contributed by atoms with Gasteiger partial charge in [-0.1, -0.05) is 72.9 Å². The summed E-state index contributed by atoms with van der Waals surface area (Å²) in [4.78, 5) is 22.0. The summed E-state index contributed by atoms with van der Waals surface area (Å²) < 4.78 is 26.9. The van der Waals surface area contributed by atoms with Gasteiger partial charge in [0, 0.05) is 12.1 Å². The summed E-state index contributed by atoms with van der Waals surface area (Å²) >= 11 is 0. The molecule has 2 aliphatic rings. The van der Waals surface area contributed by atoms with Crippen molar-refractivity contribution in [2.45, 2.75) is 21.6 Å². The molecule has 0 amide bonds. The van der Waals surface area contributed by atoms with Crippen LogP contribution in [0, 0.1) is 20.2 Å². The number of nitrogens with one attached hydrogen (secondary N) is 2. The van der Waals surface area contributed by atoms with Crippen LogP contribution in [-0.4, -0.2) is 28.8 Å². The molecule has 0 unspecified atom stereocenters. The lowest BCUT2D eigenvalue weighted by Gasteiger charge is -2.32. The van der Waals surface area contributed by atoms with Gasteiger partial charge in [0.1, 0.15) is 0 Å². The molecule has 13 heteroatoms. The second-order valence-electron chi connectivity index (χ2n) is 8.53. The van der Waals surface area contributed by atoms with Gasteiger partial charge in [0.2, 0.25) is 0 Å². The van der Waals surface area contributed by atoms with E-state index in [9.17, 15) is 28.6 Å². The van der Waals surface area contributed by atoms with Crippen LogP contribution in [0.15, 0.2) is 97.1 Å². The molecule has 2 aromatic rings. The molecule has 2 aliphatic carbocycles. The maximum atomic E-state index is 13.4. The molecular weight excluding hydrogens is 500 g/mol. The highest BCUT2D eigenvalue weighted by molar-refractivity contribution is 7.93. The quantitative estimate of drug-likeness (QED) is 0.171. The highest BCUT2D eigenvalue weighted by Crippen LogP contribution is 2.37. The summed E-state index contributed by atoms with van der Waals surface area (Å²) in [6.07, 6.45) is 11.6. The second-order valence-corrected chi connectivity index (χ2v) is 10.8. The number of nitrogens with two attached hydrogens (primary N) is 2. The fourth-order valence-electron chi connectivity index (χ4n) is 4.52. The van der Waals surface area contributed by atoms with Gasteiger partial charge in [-0.3, -0.25) is 31.9 Å². The minimum Gasteiger partial charge on any atom is -0.270 e. The number of nitro benzene ring substituents is 2. The van der Waals surface area contributed by atoms with Crippen molar-refractivity contribution >= 4 is 21.2 Å². The van der Waals surface area contributed by atoms with E-state index in [0.29, 0.717) is 0 Å². The summed E-state index contributed by atoms with van der Waals surface area (Å²) in [6.45, 7) is 0. The molecule has 0 radical (unpaired) electrons. The molecule has 192 valence electrons. The molecule has 0 heterocycles. The standard InChI is InChI=1S/C24H24N6O6S/c25-27-23(19-5-1-3-7-21(19)29(31)32)13-9-17(10-14-23)37(35,36)18-11-15-24(28-26,16-12-18)20-6-2-4-8-22(20)30(33)34/h1-18,27-28H,25-26H2. The predicted molar refractivity (Wildman–Crippen MR) is 137 cm³/mol. The Kier molecular flexibility index (Phi) is 6.90. The fourth-order valence-corrected chi connectivity index (χ4v) is 6.07. The third kappa shape index (κ3) is 4.50. The average Bonchev–Trinajstić information content (AvgIpc) is 2.93. The highest BCUT2D eigenvalue weighted by Gasteiger charge is 2.40. The highest BCUT2D eigenvalue weighted by atomic mass is 32.2. The van der Waals surface area contributed by atoms with E-state index in [1.54, 1.807) is 12.1 Å². The van der Waals surface area contributed by atoms with Gasteiger partial charge in [-0.05, 0) is 12.1 Å². The number of para-hydroxylation sites is 2. The lowest BCUT2D eigenvalue weighted by Crippen LogP contribution is -2.47. The van der Waals surface area contributed by atoms with Crippen LogP contribution in [0.4, 0.5) is 11.4 Å². The molecule has 0 spiro atoms. The van der Waals surface area contributed by atoms with E-state index in [1.807, 2.05) is 0 Å². The van der Waals surface area contributed by atoms with Gasteiger partial charge < -0.3 is 0 Å². The smallest absolute Gasteiger partial charge is 0.270 e. The van der Waals surface area contributed by atoms with Gasteiger partial charge in [-0.25, -0.2) is 19.3 Å². The van der Waals surface area contributed by atoms with Gasteiger partial charge in [-0.2, -0.15) is 0 Å². The van der Waals surface area contributed by atoms with Crippen LogP contribution in [0.25, 0.3) is 0 Å². The minimum atomic E-state index is -3.87. The topological polar surface area (TPSA) is 197 Å². The Labute approximate surface area is 212 Å². The molecule has 0 bridgehead atoms. The maximum absolute atomic E-state index is 13.4.